The Bertz CT molecular complexity index is 728. The van der Waals surface area contributed by atoms with Crippen molar-refractivity contribution in [1.82, 2.24) is 9.47 Å². The molecule has 0 saturated heterocycles. The Morgan fingerprint density at radius 3 is 2.83 bits per heavy atom. The van der Waals surface area contributed by atoms with Gasteiger partial charge in [-0.25, -0.2) is 9.18 Å². The van der Waals surface area contributed by atoms with Crippen molar-refractivity contribution in [3.05, 3.63) is 53.1 Å². The summed E-state index contributed by atoms with van der Waals surface area (Å²) in [7, 11) is 0. The van der Waals surface area contributed by atoms with Crippen LogP contribution >= 0.6 is 11.6 Å². The Morgan fingerprint density at radius 1 is 1.35 bits per heavy atom. The monoisotopic (exact) mass is 335 g/mol. The largest absolute Gasteiger partial charge is 0.348 e. The Hall–Kier alpha value is -2.01. The number of anilines is 1. The Morgan fingerprint density at radius 2 is 2.13 bits per heavy atom. The average Bonchev–Trinajstić information content (AvgIpc) is 2.98. The summed E-state index contributed by atoms with van der Waals surface area (Å²) in [5.41, 5.74) is 1.63. The van der Waals surface area contributed by atoms with E-state index in [0.717, 1.165) is 12.2 Å². The molecule has 2 aromatic rings. The van der Waals surface area contributed by atoms with Crippen LogP contribution in [0.3, 0.4) is 0 Å². The summed E-state index contributed by atoms with van der Waals surface area (Å²) < 4.78 is 15.4. The van der Waals surface area contributed by atoms with Gasteiger partial charge in [-0.05, 0) is 36.2 Å². The molecule has 1 aliphatic rings. The molecule has 1 atom stereocenters. The minimum absolute atomic E-state index is 0.00395. The maximum absolute atomic E-state index is 13.2. The van der Waals surface area contributed by atoms with Gasteiger partial charge in [0, 0.05) is 30.7 Å². The Balaban J connectivity index is 1.82. The highest BCUT2D eigenvalue weighted by atomic mass is 35.5. The number of fused-ring (bicyclic) bond motifs is 1. The van der Waals surface area contributed by atoms with Crippen molar-refractivity contribution in [3.63, 3.8) is 0 Å². The molecule has 0 radical (unpaired) electrons. The van der Waals surface area contributed by atoms with Gasteiger partial charge in [-0.15, -0.1) is 0 Å². The molecule has 0 bridgehead atoms. The zero-order valence-electron chi connectivity index (χ0n) is 13.1. The van der Waals surface area contributed by atoms with Crippen molar-refractivity contribution in [2.24, 2.45) is 5.92 Å². The molecule has 1 aromatic carbocycles. The van der Waals surface area contributed by atoms with Crippen molar-refractivity contribution in [2.75, 3.05) is 11.9 Å². The number of hydrogen-bond donors (Lipinski definition) is 1. The second-order valence-corrected chi connectivity index (χ2v) is 6.47. The van der Waals surface area contributed by atoms with E-state index in [0.29, 0.717) is 12.2 Å². The van der Waals surface area contributed by atoms with Crippen LogP contribution in [0.15, 0.2) is 36.5 Å². The highest BCUT2D eigenvalue weighted by Crippen LogP contribution is 2.33. The summed E-state index contributed by atoms with van der Waals surface area (Å²) in [5, 5.41) is 2.81. The van der Waals surface area contributed by atoms with Gasteiger partial charge in [0.15, 0.2) is 0 Å². The molecule has 4 nitrogen and oxygen atoms in total. The fourth-order valence-corrected chi connectivity index (χ4v) is 3.29. The van der Waals surface area contributed by atoms with Crippen molar-refractivity contribution >= 4 is 23.3 Å². The predicted molar refractivity (Wildman–Crippen MR) is 89.1 cm³/mol. The number of aromatic nitrogens is 1. The minimum atomic E-state index is -0.500. The Kier molecular flexibility index (Phi) is 4.31. The summed E-state index contributed by atoms with van der Waals surface area (Å²) in [5.74, 6) is -0.216. The van der Waals surface area contributed by atoms with Crippen LogP contribution in [0.5, 0.6) is 0 Å². The summed E-state index contributed by atoms with van der Waals surface area (Å²) in [6.07, 6.45) is 2.04. The molecule has 2 amide bonds. The van der Waals surface area contributed by atoms with E-state index in [1.807, 2.05) is 17.2 Å². The maximum Gasteiger partial charge on any atom is 0.322 e. The number of rotatable bonds is 2. The zero-order valence-corrected chi connectivity index (χ0v) is 13.8. The number of hydrogen-bond acceptors (Lipinski definition) is 1. The molecule has 1 aromatic heterocycles. The van der Waals surface area contributed by atoms with Gasteiger partial charge >= 0.3 is 6.03 Å². The van der Waals surface area contributed by atoms with Crippen LogP contribution < -0.4 is 5.32 Å². The van der Waals surface area contributed by atoms with Gasteiger partial charge in [0.1, 0.15) is 5.82 Å². The number of urea groups is 1. The SMILES string of the molecule is CC(C)[C@H]1c2cccn2CCN1C(=O)Nc1ccc(F)c(Cl)c1. The second-order valence-electron chi connectivity index (χ2n) is 6.07. The third-order valence-corrected chi connectivity index (χ3v) is 4.44. The number of nitrogens with zero attached hydrogens (tertiary/aromatic N) is 2. The van der Waals surface area contributed by atoms with Crippen LogP contribution in [-0.4, -0.2) is 22.0 Å². The van der Waals surface area contributed by atoms with E-state index in [-0.39, 0.29) is 23.0 Å². The summed E-state index contributed by atoms with van der Waals surface area (Å²) >= 11 is 5.77. The van der Waals surface area contributed by atoms with Gasteiger partial charge in [-0.3, -0.25) is 0 Å². The molecule has 23 heavy (non-hydrogen) atoms. The standard InChI is InChI=1S/C17H19ClFN3O/c1-11(2)16-15-4-3-7-21(15)8-9-22(16)17(23)20-12-5-6-14(19)13(18)10-12/h3-7,10-11,16H,8-9H2,1-2H3,(H,20,23)/t16-/m0/s1. The quantitative estimate of drug-likeness (QED) is 0.860. The highest BCUT2D eigenvalue weighted by molar-refractivity contribution is 6.31. The number of amides is 2. The third-order valence-electron chi connectivity index (χ3n) is 4.15. The molecule has 3 rings (SSSR count). The predicted octanol–water partition coefficient (Wildman–Crippen LogP) is 4.53. The molecule has 6 heteroatoms. The van der Waals surface area contributed by atoms with Crippen molar-refractivity contribution in [2.45, 2.75) is 26.4 Å². The molecule has 1 N–H and O–H groups in total. The van der Waals surface area contributed by atoms with Crippen molar-refractivity contribution in [1.29, 1.82) is 0 Å². The van der Waals surface area contributed by atoms with Crippen LogP contribution in [0.1, 0.15) is 25.6 Å². The van der Waals surface area contributed by atoms with Crippen LogP contribution in [0.2, 0.25) is 5.02 Å². The van der Waals surface area contributed by atoms with Gasteiger partial charge in [-0.2, -0.15) is 0 Å². The van der Waals surface area contributed by atoms with E-state index >= 15 is 0 Å². The van der Waals surface area contributed by atoms with E-state index in [2.05, 4.69) is 29.8 Å². The topological polar surface area (TPSA) is 37.3 Å². The number of benzene rings is 1. The summed E-state index contributed by atoms with van der Waals surface area (Å²) in [4.78, 5) is 14.5. The van der Waals surface area contributed by atoms with E-state index in [1.54, 1.807) is 0 Å². The lowest BCUT2D eigenvalue weighted by Crippen LogP contribution is -2.45. The van der Waals surface area contributed by atoms with Crippen molar-refractivity contribution < 1.29 is 9.18 Å². The number of carbonyl (C=O) groups is 1. The Labute approximate surface area is 139 Å². The average molecular weight is 336 g/mol. The smallest absolute Gasteiger partial charge is 0.322 e. The van der Waals surface area contributed by atoms with Gasteiger partial charge in [0.05, 0.1) is 11.1 Å². The number of nitrogens with one attached hydrogen (secondary N) is 1. The molecule has 122 valence electrons. The molecule has 0 saturated carbocycles. The zero-order chi connectivity index (χ0) is 16.6. The van der Waals surface area contributed by atoms with Crippen LogP contribution in [0, 0.1) is 11.7 Å². The lowest BCUT2D eigenvalue weighted by Gasteiger charge is -2.39. The third kappa shape index (κ3) is 3.06. The molecule has 0 aliphatic carbocycles. The molecule has 0 fully saturated rings. The van der Waals surface area contributed by atoms with E-state index in [9.17, 15) is 9.18 Å². The van der Waals surface area contributed by atoms with Crippen LogP contribution in [0.25, 0.3) is 0 Å². The maximum atomic E-state index is 13.2. The second kappa shape index (κ2) is 6.24. The summed E-state index contributed by atoms with van der Waals surface area (Å²) in [6, 6.07) is 8.06. The fourth-order valence-electron chi connectivity index (χ4n) is 3.11. The first-order chi connectivity index (χ1) is 11.0. The number of halogens is 2. The molecular formula is C17H19ClFN3O. The normalized spacial score (nSPS) is 17.3. The van der Waals surface area contributed by atoms with E-state index < -0.39 is 5.82 Å². The molecule has 2 heterocycles. The lowest BCUT2D eigenvalue weighted by molar-refractivity contribution is 0.144. The first-order valence-electron chi connectivity index (χ1n) is 7.65. The first kappa shape index (κ1) is 15.9. The van der Waals surface area contributed by atoms with Gasteiger partial charge < -0.3 is 14.8 Å². The molecule has 0 spiro atoms. The molecule has 1 aliphatic heterocycles. The van der Waals surface area contributed by atoms with Gasteiger partial charge in [0.2, 0.25) is 0 Å². The minimum Gasteiger partial charge on any atom is -0.348 e. The van der Waals surface area contributed by atoms with Crippen molar-refractivity contribution in [3.8, 4) is 0 Å². The summed E-state index contributed by atoms with van der Waals surface area (Å²) in [6.45, 7) is 5.60. The van der Waals surface area contributed by atoms with E-state index in [1.165, 1.54) is 18.2 Å². The first-order valence-corrected chi connectivity index (χ1v) is 8.03. The lowest BCUT2D eigenvalue weighted by atomic mass is 9.97. The van der Waals surface area contributed by atoms with Gasteiger partial charge in [-0.1, -0.05) is 25.4 Å². The van der Waals surface area contributed by atoms with Crippen LogP contribution in [0.4, 0.5) is 14.9 Å². The number of carbonyl (C=O) groups excluding carboxylic acids is 1. The fraction of sp³-hybridized carbons (Fsp3) is 0.353. The van der Waals surface area contributed by atoms with Gasteiger partial charge in [0.25, 0.3) is 0 Å². The molecule has 0 unspecified atom stereocenters. The highest BCUT2D eigenvalue weighted by Gasteiger charge is 2.32. The van der Waals surface area contributed by atoms with E-state index in [4.69, 9.17) is 11.6 Å². The van der Waals surface area contributed by atoms with Crippen LogP contribution in [-0.2, 0) is 6.54 Å². The molecular weight excluding hydrogens is 317 g/mol.